The summed E-state index contributed by atoms with van der Waals surface area (Å²) in [7, 11) is 0. The van der Waals surface area contributed by atoms with Crippen molar-refractivity contribution in [2.75, 3.05) is 6.54 Å². The molecule has 0 heterocycles. The molecule has 3 nitrogen and oxygen atoms in total. The van der Waals surface area contributed by atoms with Gasteiger partial charge in [0.2, 0.25) is 5.91 Å². The Morgan fingerprint density at radius 3 is 1.89 bits per heavy atom. The molecule has 0 radical (unpaired) electrons. The highest BCUT2D eigenvalue weighted by Crippen LogP contribution is 2.22. The van der Waals surface area contributed by atoms with E-state index in [0.717, 1.165) is 19.4 Å². The van der Waals surface area contributed by atoms with Crippen molar-refractivity contribution in [1.29, 1.82) is 0 Å². The maximum absolute atomic E-state index is 12.6. The van der Waals surface area contributed by atoms with Crippen LogP contribution in [0.3, 0.4) is 0 Å². The largest absolute Gasteiger partial charge is 0.338 e. The molecule has 1 atom stereocenters. The van der Waals surface area contributed by atoms with E-state index in [2.05, 4.69) is 27.7 Å². The summed E-state index contributed by atoms with van der Waals surface area (Å²) in [5.41, 5.74) is 5.94. The molecule has 0 aromatic heterocycles. The molecule has 0 fully saturated rings. The lowest BCUT2D eigenvalue weighted by Gasteiger charge is -2.37. The number of amides is 1. The highest BCUT2D eigenvalue weighted by Gasteiger charge is 2.33. The van der Waals surface area contributed by atoms with Crippen LogP contribution in [0.5, 0.6) is 0 Å². The minimum Gasteiger partial charge on any atom is -0.338 e. The Morgan fingerprint density at radius 1 is 1.17 bits per heavy atom. The Kier molecular flexibility index (Phi) is 6.90. The van der Waals surface area contributed by atoms with E-state index in [4.69, 9.17) is 5.73 Å². The third kappa shape index (κ3) is 4.97. The lowest BCUT2D eigenvalue weighted by molar-refractivity contribution is -0.138. The molecular formula is C15H32N2O. The summed E-state index contributed by atoms with van der Waals surface area (Å²) in [6.45, 7) is 15.4. The van der Waals surface area contributed by atoms with Crippen LogP contribution in [-0.2, 0) is 4.79 Å². The first kappa shape index (κ1) is 17.4. The summed E-state index contributed by atoms with van der Waals surface area (Å²) in [6, 6.07) is -0.106. The van der Waals surface area contributed by atoms with E-state index in [-0.39, 0.29) is 11.3 Å². The van der Waals surface area contributed by atoms with Crippen molar-refractivity contribution in [3.05, 3.63) is 0 Å². The van der Waals surface area contributed by atoms with E-state index >= 15 is 0 Å². The third-order valence-electron chi connectivity index (χ3n) is 3.43. The lowest BCUT2D eigenvalue weighted by atomic mass is 9.86. The zero-order valence-corrected chi connectivity index (χ0v) is 13.3. The number of carbonyl (C=O) groups excluding carboxylic acids is 1. The van der Waals surface area contributed by atoms with Crippen LogP contribution in [0.25, 0.3) is 0 Å². The van der Waals surface area contributed by atoms with Crippen LogP contribution in [0, 0.1) is 11.3 Å². The van der Waals surface area contributed by atoms with Gasteiger partial charge < -0.3 is 10.6 Å². The van der Waals surface area contributed by atoms with Gasteiger partial charge in [-0.1, -0.05) is 48.5 Å². The minimum atomic E-state index is -0.420. The molecule has 108 valence electrons. The minimum absolute atomic E-state index is 0.102. The number of rotatable bonds is 6. The Hall–Kier alpha value is -0.570. The van der Waals surface area contributed by atoms with Gasteiger partial charge in [0, 0.05) is 12.6 Å². The van der Waals surface area contributed by atoms with Crippen molar-refractivity contribution in [3.63, 3.8) is 0 Å². The van der Waals surface area contributed by atoms with E-state index in [9.17, 15) is 4.79 Å². The molecule has 1 amide bonds. The predicted octanol–water partition coefficient (Wildman–Crippen LogP) is 3.03. The molecular weight excluding hydrogens is 224 g/mol. The van der Waals surface area contributed by atoms with E-state index < -0.39 is 6.04 Å². The van der Waals surface area contributed by atoms with E-state index in [0.29, 0.717) is 12.0 Å². The molecule has 0 saturated heterocycles. The maximum atomic E-state index is 12.6. The number of carbonyl (C=O) groups is 1. The van der Waals surface area contributed by atoms with Crippen molar-refractivity contribution in [2.45, 2.75) is 73.4 Å². The van der Waals surface area contributed by atoms with E-state index in [1.165, 1.54) is 0 Å². The van der Waals surface area contributed by atoms with E-state index in [1.54, 1.807) is 0 Å². The van der Waals surface area contributed by atoms with Gasteiger partial charge in [-0.25, -0.2) is 0 Å². The number of nitrogens with zero attached hydrogens (tertiary/aromatic N) is 1. The zero-order valence-electron chi connectivity index (χ0n) is 13.3. The van der Waals surface area contributed by atoms with Crippen LogP contribution in [-0.4, -0.2) is 29.4 Å². The molecule has 0 aromatic rings. The number of nitrogens with two attached hydrogens (primary N) is 1. The summed E-state index contributed by atoms with van der Waals surface area (Å²) in [6.07, 6.45) is 1.98. The summed E-state index contributed by atoms with van der Waals surface area (Å²) < 4.78 is 0. The first-order valence-electron chi connectivity index (χ1n) is 7.21. The molecule has 0 aliphatic heterocycles. The van der Waals surface area contributed by atoms with Gasteiger partial charge >= 0.3 is 0 Å². The van der Waals surface area contributed by atoms with Gasteiger partial charge in [-0.05, 0) is 24.2 Å². The molecule has 0 aromatic carbocycles. The van der Waals surface area contributed by atoms with Crippen LogP contribution < -0.4 is 5.73 Å². The standard InChI is InChI=1S/C15H32N2O/c1-8-12(9-2)17(10-11(3)4)14(18)13(16)15(5,6)7/h11-13H,8-10,16H2,1-7H3. The van der Waals surface area contributed by atoms with Crippen LogP contribution in [0.4, 0.5) is 0 Å². The van der Waals surface area contributed by atoms with Gasteiger partial charge in [0.15, 0.2) is 0 Å². The van der Waals surface area contributed by atoms with Gasteiger partial charge in [-0.3, -0.25) is 4.79 Å². The summed E-state index contributed by atoms with van der Waals surface area (Å²) in [5, 5.41) is 0. The first-order chi connectivity index (χ1) is 8.15. The topological polar surface area (TPSA) is 46.3 Å². The Bertz CT molecular complexity index is 252. The molecule has 0 bridgehead atoms. The number of hydrogen-bond acceptors (Lipinski definition) is 2. The Labute approximate surface area is 113 Å². The summed E-state index contributed by atoms with van der Waals surface area (Å²) >= 11 is 0. The predicted molar refractivity (Wildman–Crippen MR) is 78.4 cm³/mol. The zero-order chi connectivity index (χ0) is 14.5. The second-order valence-electron chi connectivity index (χ2n) is 6.70. The molecule has 0 spiro atoms. The van der Waals surface area contributed by atoms with Gasteiger partial charge in [-0.15, -0.1) is 0 Å². The molecule has 2 N–H and O–H groups in total. The monoisotopic (exact) mass is 256 g/mol. The van der Waals surface area contributed by atoms with Crippen molar-refractivity contribution in [2.24, 2.45) is 17.1 Å². The van der Waals surface area contributed by atoms with Gasteiger partial charge in [0.25, 0.3) is 0 Å². The summed E-state index contributed by atoms with van der Waals surface area (Å²) in [4.78, 5) is 14.6. The maximum Gasteiger partial charge on any atom is 0.240 e. The smallest absolute Gasteiger partial charge is 0.240 e. The fourth-order valence-corrected chi connectivity index (χ4v) is 2.09. The average molecular weight is 256 g/mol. The van der Waals surface area contributed by atoms with E-state index in [1.807, 2.05) is 25.7 Å². The second-order valence-corrected chi connectivity index (χ2v) is 6.70. The highest BCUT2D eigenvalue weighted by atomic mass is 16.2. The van der Waals surface area contributed by atoms with Gasteiger partial charge in [-0.2, -0.15) is 0 Å². The second kappa shape index (κ2) is 7.13. The van der Waals surface area contributed by atoms with Crippen molar-refractivity contribution in [1.82, 2.24) is 4.90 Å². The van der Waals surface area contributed by atoms with Crippen LogP contribution in [0.15, 0.2) is 0 Å². The van der Waals surface area contributed by atoms with Crippen molar-refractivity contribution in [3.8, 4) is 0 Å². The lowest BCUT2D eigenvalue weighted by Crippen LogP contribution is -2.54. The molecule has 3 heteroatoms. The number of hydrogen-bond donors (Lipinski definition) is 1. The molecule has 1 unspecified atom stereocenters. The Morgan fingerprint density at radius 2 is 1.61 bits per heavy atom. The third-order valence-corrected chi connectivity index (χ3v) is 3.43. The van der Waals surface area contributed by atoms with Crippen LogP contribution in [0.1, 0.15) is 61.3 Å². The van der Waals surface area contributed by atoms with Crippen LogP contribution >= 0.6 is 0 Å². The molecule has 0 saturated carbocycles. The van der Waals surface area contributed by atoms with Crippen molar-refractivity contribution >= 4 is 5.91 Å². The molecule has 18 heavy (non-hydrogen) atoms. The van der Waals surface area contributed by atoms with Crippen molar-refractivity contribution < 1.29 is 4.79 Å². The van der Waals surface area contributed by atoms with Gasteiger partial charge in [0.1, 0.15) is 0 Å². The fourth-order valence-electron chi connectivity index (χ4n) is 2.09. The Balaban J connectivity index is 5.01. The highest BCUT2D eigenvalue weighted by molar-refractivity contribution is 5.82. The molecule has 0 rings (SSSR count). The molecule has 0 aliphatic carbocycles. The normalized spacial score (nSPS) is 14.1. The summed E-state index contributed by atoms with van der Waals surface area (Å²) in [5.74, 6) is 0.576. The quantitative estimate of drug-likeness (QED) is 0.794. The fraction of sp³-hybridized carbons (Fsp3) is 0.933. The van der Waals surface area contributed by atoms with Crippen LogP contribution in [0.2, 0.25) is 0 Å². The van der Waals surface area contributed by atoms with Gasteiger partial charge in [0.05, 0.1) is 6.04 Å². The average Bonchev–Trinajstić information content (AvgIpc) is 2.25. The SMILES string of the molecule is CCC(CC)N(CC(C)C)C(=O)C(N)C(C)(C)C. The first-order valence-corrected chi connectivity index (χ1v) is 7.21. The molecule has 0 aliphatic rings.